The minimum Gasteiger partial charge on any atom is -0.465 e. The highest BCUT2D eigenvalue weighted by Gasteiger charge is 2.05. The summed E-state index contributed by atoms with van der Waals surface area (Å²) < 4.78 is 0. The van der Waals surface area contributed by atoms with Crippen LogP contribution in [0.3, 0.4) is 0 Å². The summed E-state index contributed by atoms with van der Waals surface area (Å²) in [6, 6.07) is 8.54. The molecular weight excluding hydrogens is 170 g/mol. The highest BCUT2D eigenvalue weighted by Crippen LogP contribution is 1.98. The molecule has 0 atom stereocenters. The number of carbonyl (C=O) groups is 2. The molecule has 0 saturated carbocycles. The van der Waals surface area contributed by atoms with E-state index in [4.69, 9.17) is 5.11 Å². The molecule has 0 aliphatic carbocycles. The average molecular weight is 179 g/mol. The molecular formula is C9H9NO3. The first kappa shape index (κ1) is 9.25. The molecule has 68 valence electrons. The zero-order chi connectivity index (χ0) is 9.68. The molecule has 1 aromatic rings. The number of ketones is 1. The molecule has 0 radical (unpaired) electrons. The zero-order valence-corrected chi connectivity index (χ0v) is 6.86. The molecule has 0 spiro atoms. The van der Waals surface area contributed by atoms with E-state index >= 15 is 0 Å². The normalized spacial score (nSPS) is 9.23. The van der Waals surface area contributed by atoms with E-state index in [1.807, 2.05) is 5.32 Å². The molecule has 0 saturated heterocycles. The number of benzene rings is 1. The lowest BCUT2D eigenvalue weighted by Crippen LogP contribution is -2.27. The lowest BCUT2D eigenvalue weighted by molar-refractivity contribution is 0.0987. The third-order valence-corrected chi connectivity index (χ3v) is 1.50. The standard InChI is InChI=1S/C9H9NO3/c11-8(6-10-9(12)13)7-4-2-1-3-5-7/h1-5,10H,6H2,(H,12,13). The van der Waals surface area contributed by atoms with E-state index in [2.05, 4.69) is 0 Å². The largest absolute Gasteiger partial charge is 0.465 e. The fourth-order valence-electron chi connectivity index (χ4n) is 0.882. The molecule has 0 aromatic heterocycles. The van der Waals surface area contributed by atoms with Crippen molar-refractivity contribution in [1.82, 2.24) is 5.32 Å². The molecule has 4 nitrogen and oxygen atoms in total. The smallest absolute Gasteiger partial charge is 0.405 e. The molecule has 0 heterocycles. The first-order valence-electron chi connectivity index (χ1n) is 3.75. The minimum absolute atomic E-state index is 0.181. The zero-order valence-electron chi connectivity index (χ0n) is 6.86. The number of carboxylic acid groups (broad SMARTS) is 1. The van der Waals surface area contributed by atoms with Gasteiger partial charge in [-0.2, -0.15) is 0 Å². The number of Topliss-reactive ketones (excluding diaryl/α,β-unsaturated/α-hetero) is 1. The molecule has 13 heavy (non-hydrogen) atoms. The van der Waals surface area contributed by atoms with Gasteiger partial charge in [-0.25, -0.2) is 4.79 Å². The van der Waals surface area contributed by atoms with E-state index in [0.717, 1.165) is 0 Å². The van der Waals surface area contributed by atoms with Gasteiger partial charge in [-0.1, -0.05) is 30.3 Å². The van der Waals surface area contributed by atoms with Gasteiger partial charge in [0, 0.05) is 5.56 Å². The topological polar surface area (TPSA) is 66.4 Å². The van der Waals surface area contributed by atoms with Crippen molar-refractivity contribution in [3.05, 3.63) is 35.9 Å². The lowest BCUT2D eigenvalue weighted by atomic mass is 10.1. The molecule has 1 aromatic carbocycles. The summed E-state index contributed by atoms with van der Waals surface area (Å²) in [5.41, 5.74) is 0.510. The number of carbonyl (C=O) groups excluding carboxylic acids is 1. The third-order valence-electron chi connectivity index (χ3n) is 1.50. The second-order valence-electron chi connectivity index (χ2n) is 2.45. The Kier molecular flexibility index (Phi) is 3.03. The Bertz CT molecular complexity index is 308. The first-order chi connectivity index (χ1) is 6.20. The van der Waals surface area contributed by atoms with Crippen molar-refractivity contribution in [2.75, 3.05) is 6.54 Å². The second-order valence-corrected chi connectivity index (χ2v) is 2.45. The molecule has 1 rings (SSSR count). The van der Waals surface area contributed by atoms with Crippen molar-refractivity contribution in [2.45, 2.75) is 0 Å². The highest BCUT2D eigenvalue weighted by molar-refractivity contribution is 5.98. The van der Waals surface area contributed by atoms with E-state index in [1.165, 1.54) is 0 Å². The van der Waals surface area contributed by atoms with E-state index < -0.39 is 6.09 Å². The summed E-state index contributed by atoms with van der Waals surface area (Å²) in [4.78, 5) is 21.3. The van der Waals surface area contributed by atoms with E-state index in [1.54, 1.807) is 30.3 Å². The van der Waals surface area contributed by atoms with Crippen LogP contribution in [0, 0.1) is 0 Å². The Balaban J connectivity index is 2.54. The molecule has 2 N–H and O–H groups in total. The van der Waals surface area contributed by atoms with E-state index in [0.29, 0.717) is 5.56 Å². The molecule has 0 aliphatic rings. The Labute approximate surface area is 75.2 Å². The summed E-state index contributed by atoms with van der Waals surface area (Å²) in [7, 11) is 0. The summed E-state index contributed by atoms with van der Waals surface area (Å²) in [5, 5.41) is 10.3. The molecule has 0 fully saturated rings. The highest BCUT2D eigenvalue weighted by atomic mass is 16.4. The maximum atomic E-state index is 11.2. The third kappa shape index (κ3) is 2.94. The van der Waals surface area contributed by atoms with Gasteiger partial charge in [0.25, 0.3) is 0 Å². The fraction of sp³-hybridized carbons (Fsp3) is 0.111. The number of hydrogen-bond donors (Lipinski definition) is 2. The van der Waals surface area contributed by atoms with Crippen LogP contribution in [0.2, 0.25) is 0 Å². The Morgan fingerprint density at radius 1 is 1.23 bits per heavy atom. The fourth-order valence-corrected chi connectivity index (χ4v) is 0.882. The number of rotatable bonds is 3. The van der Waals surface area contributed by atoms with Gasteiger partial charge in [-0.15, -0.1) is 0 Å². The van der Waals surface area contributed by atoms with Crippen molar-refractivity contribution in [1.29, 1.82) is 0 Å². The van der Waals surface area contributed by atoms with Crippen molar-refractivity contribution < 1.29 is 14.7 Å². The van der Waals surface area contributed by atoms with E-state index in [9.17, 15) is 9.59 Å². The van der Waals surface area contributed by atoms with Gasteiger partial charge in [0.15, 0.2) is 5.78 Å². The number of nitrogens with one attached hydrogen (secondary N) is 1. The SMILES string of the molecule is O=C(O)NCC(=O)c1ccccc1. The average Bonchev–Trinajstić information content (AvgIpc) is 2.15. The quantitative estimate of drug-likeness (QED) is 0.683. The number of amides is 1. The van der Waals surface area contributed by atoms with E-state index in [-0.39, 0.29) is 12.3 Å². The van der Waals surface area contributed by atoms with Crippen LogP contribution < -0.4 is 5.32 Å². The molecule has 4 heteroatoms. The minimum atomic E-state index is -1.19. The van der Waals surface area contributed by atoms with Crippen LogP contribution in [-0.4, -0.2) is 23.5 Å². The molecule has 1 amide bonds. The van der Waals surface area contributed by atoms with Gasteiger partial charge < -0.3 is 10.4 Å². The van der Waals surface area contributed by atoms with Crippen molar-refractivity contribution in [3.63, 3.8) is 0 Å². The van der Waals surface area contributed by atoms with Crippen LogP contribution >= 0.6 is 0 Å². The number of hydrogen-bond acceptors (Lipinski definition) is 2. The lowest BCUT2D eigenvalue weighted by Gasteiger charge is -1.99. The van der Waals surface area contributed by atoms with Gasteiger partial charge in [0.05, 0.1) is 6.54 Å². The first-order valence-corrected chi connectivity index (χ1v) is 3.75. The van der Waals surface area contributed by atoms with Crippen molar-refractivity contribution in [2.24, 2.45) is 0 Å². The predicted octanol–water partition coefficient (Wildman–Crippen LogP) is 1.14. The van der Waals surface area contributed by atoms with Gasteiger partial charge >= 0.3 is 6.09 Å². The van der Waals surface area contributed by atoms with Gasteiger partial charge in [-0.3, -0.25) is 4.79 Å². The van der Waals surface area contributed by atoms with Crippen LogP contribution in [0.5, 0.6) is 0 Å². The second kappa shape index (κ2) is 4.25. The summed E-state index contributed by atoms with van der Waals surface area (Å²) in [6.45, 7) is -0.181. The Morgan fingerprint density at radius 3 is 2.38 bits per heavy atom. The van der Waals surface area contributed by atoms with Crippen LogP contribution in [0.1, 0.15) is 10.4 Å². The Morgan fingerprint density at radius 2 is 1.85 bits per heavy atom. The van der Waals surface area contributed by atoms with Crippen molar-refractivity contribution >= 4 is 11.9 Å². The predicted molar refractivity (Wildman–Crippen MR) is 46.8 cm³/mol. The van der Waals surface area contributed by atoms with Crippen molar-refractivity contribution in [3.8, 4) is 0 Å². The van der Waals surface area contributed by atoms with Crippen LogP contribution in [0.15, 0.2) is 30.3 Å². The van der Waals surface area contributed by atoms with Crippen LogP contribution in [-0.2, 0) is 0 Å². The maximum Gasteiger partial charge on any atom is 0.405 e. The summed E-state index contributed by atoms with van der Waals surface area (Å²) >= 11 is 0. The summed E-state index contributed by atoms with van der Waals surface area (Å²) in [6.07, 6.45) is -1.19. The maximum absolute atomic E-state index is 11.2. The van der Waals surface area contributed by atoms with Gasteiger partial charge in [0.1, 0.15) is 0 Å². The molecule has 0 unspecified atom stereocenters. The molecule has 0 bridgehead atoms. The summed E-state index contributed by atoms with van der Waals surface area (Å²) in [5.74, 6) is -0.233. The Hall–Kier alpha value is -1.84. The monoisotopic (exact) mass is 179 g/mol. The van der Waals surface area contributed by atoms with Crippen LogP contribution in [0.25, 0.3) is 0 Å². The molecule has 0 aliphatic heterocycles. The van der Waals surface area contributed by atoms with Crippen LogP contribution in [0.4, 0.5) is 4.79 Å². The van der Waals surface area contributed by atoms with Gasteiger partial charge in [-0.05, 0) is 0 Å². The van der Waals surface area contributed by atoms with Gasteiger partial charge in [0.2, 0.25) is 0 Å².